The average Bonchev–Trinajstić information content (AvgIpc) is 2.84. The number of benzene rings is 1. The van der Waals surface area contributed by atoms with Gasteiger partial charge in [0, 0.05) is 17.8 Å². The van der Waals surface area contributed by atoms with E-state index in [0.717, 1.165) is 18.7 Å². The predicted molar refractivity (Wildman–Crippen MR) is 77.1 cm³/mol. The summed E-state index contributed by atoms with van der Waals surface area (Å²) in [4.78, 5) is 11.0. The zero-order valence-electron chi connectivity index (χ0n) is 10.9. The molecule has 4 nitrogen and oxygen atoms in total. The van der Waals surface area contributed by atoms with Gasteiger partial charge in [0.25, 0.3) is 0 Å². The minimum Gasteiger partial charge on any atom is -0.478 e. The van der Waals surface area contributed by atoms with Crippen molar-refractivity contribution >= 4 is 23.3 Å². The maximum atomic E-state index is 11.0. The molecule has 0 aliphatic carbocycles. The third kappa shape index (κ3) is 3.85. The number of carboxylic acids is 1. The van der Waals surface area contributed by atoms with Gasteiger partial charge in [-0.15, -0.1) is 0 Å². The molecule has 0 aromatic heterocycles. The number of hydrogen-bond donors (Lipinski definition) is 3. The number of nitrogens with one attached hydrogen (secondary N) is 2. The van der Waals surface area contributed by atoms with Crippen LogP contribution in [0.1, 0.15) is 36.5 Å². The van der Waals surface area contributed by atoms with E-state index in [1.807, 2.05) is 6.07 Å². The summed E-state index contributed by atoms with van der Waals surface area (Å²) in [6, 6.07) is 5.87. The van der Waals surface area contributed by atoms with E-state index >= 15 is 0 Å². The summed E-state index contributed by atoms with van der Waals surface area (Å²) in [6.07, 6.45) is 3.49. The summed E-state index contributed by atoms with van der Waals surface area (Å²) in [5.74, 6) is -1.00. The predicted octanol–water partition coefficient (Wildman–Crippen LogP) is 2.98. The number of carboxylic acid groups (broad SMARTS) is 1. The SMILES string of the molecule is CC(CC1CCCN1)Nc1ccc(Cl)c(C(=O)O)c1. The Bertz CT molecular complexity index is 459. The summed E-state index contributed by atoms with van der Waals surface area (Å²) < 4.78 is 0. The molecular formula is C14H19ClN2O2. The number of rotatable bonds is 5. The number of hydrogen-bond acceptors (Lipinski definition) is 3. The normalized spacial score (nSPS) is 20.2. The molecule has 2 atom stereocenters. The molecule has 104 valence electrons. The van der Waals surface area contributed by atoms with E-state index in [-0.39, 0.29) is 10.6 Å². The standard InChI is InChI=1S/C14H19ClN2O2/c1-9(7-10-3-2-6-16-10)17-11-4-5-13(15)12(8-11)14(18)19/h4-5,8-10,16-17H,2-3,6-7H2,1H3,(H,18,19). The molecule has 0 saturated carbocycles. The van der Waals surface area contributed by atoms with Gasteiger partial charge in [0.2, 0.25) is 0 Å². The van der Waals surface area contributed by atoms with Crippen LogP contribution in [0.3, 0.4) is 0 Å². The Kier molecular flexibility index (Phi) is 4.66. The minimum absolute atomic E-state index is 0.137. The lowest BCUT2D eigenvalue weighted by Crippen LogP contribution is -2.29. The van der Waals surface area contributed by atoms with E-state index in [1.54, 1.807) is 12.1 Å². The molecule has 1 aliphatic heterocycles. The third-order valence-corrected chi connectivity index (χ3v) is 3.74. The summed E-state index contributed by atoms with van der Waals surface area (Å²) in [5.41, 5.74) is 0.935. The van der Waals surface area contributed by atoms with Gasteiger partial charge in [-0.05, 0) is 50.9 Å². The number of halogens is 1. The van der Waals surface area contributed by atoms with E-state index in [0.29, 0.717) is 12.1 Å². The molecule has 1 saturated heterocycles. The molecule has 0 radical (unpaired) electrons. The Hall–Kier alpha value is -1.26. The molecule has 1 heterocycles. The molecule has 1 aromatic rings. The van der Waals surface area contributed by atoms with Gasteiger partial charge in [-0.1, -0.05) is 11.6 Å². The van der Waals surface area contributed by atoms with E-state index in [1.165, 1.54) is 12.8 Å². The highest BCUT2D eigenvalue weighted by molar-refractivity contribution is 6.33. The molecule has 1 fully saturated rings. The fraction of sp³-hybridized carbons (Fsp3) is 0.500. The van der Waals surface area contributed by atoms with Gasteiger partial charge in [0.1, 0.15) is 0 Å². The van der Waals surface area contributed by atoms with Gasteiger partial charge in [-0.25, -0.2) is 4.79 Å². The Balaban J connectivity index is 1.98. The first kappa shape index (κ1) is 14.2. The highest BCUT2D eigenvalue weighted by Gasteiger charge is 2.17. The van der Waals surface area contributed by atoms with E-state index < -0.39 is 5.97 Å². The van der Waals surface area contributed by atoms with Gasteiger partial charge >= 0.3 is 5.97 Å². The Morgan fingerprint density at radius 2 is 2.42 bits per heavy atom. The molecule has 0 bridgehead atoms. The lowest BCUT2D eigenvalue weighted by molar-refractivity contribution is 0.0697. The number of aromatic carboxylic acids is 1. The van der Waals surface area contributed by atoms with Crippen LogP contribution in [-0.4, -0.2) is 29.7 Å². The lowest BCUT2D eigenvalue weighted by atomic mass is 10.1. The molecule has 3 N–H and O–H groups in total. The van der Waals surface area contributed by atoms with Gasteiger partial charge < -0.3 is 15.7 Å². The van der Waals surface area contributed by atoms with Crippen LogP contribution >= 0.6 is 11.6 Å². The molecule has 19 heavy (non-hydrogen) atoms. The molecule has 5 heteroatoms. The molecule has 0 amide bonds. The van der Waals surface area contributed by atoms with Crippen molar-refractivity contribution in [3.05, 3.63) is 28.8 Å². The first-order valence-electron chi connectivity index (χ1n) is 6.59. The van der Waals surface area contributed by atoms with Crippen LogP contribution in [-0.2, 0) is 0 Å². The average molecular weight is 283 g/mol. The zero-order valence-corrected chi connectivity index (χ0v) is 11.7. The van der Waals surface area contributed by atoms with E-state index in [9.17, 15) is 4.79 Å². The van der Waals surface area contributed by atoms with Crippen molar-refractivity contribution in [2.75, 3.05) is 11.9 Å². The van der Waals surface area contributed by atoms with Gasteiger partial charge in [0.15, 0.2) is 0 Å². The molecule has 0 spiro atoms. The Morgan fingerprint density at radius 3 is 3.05 bits per heavy atom. The second-order valence-electron chi connectivity index (χ2n) is 5.07. The number of anilines is 1. The fourth-order valence-corrected chi connectivity index (χ4v) is 2.71. The molecule has 1 aromatic carbocycles. The fourth-order valence-electron chi connectivity index (χ4n) is 2.51. The Labute approximate surface area is 118 Å². The van der Waals surface area contributed by atoms with Gasteiger partial charge in [-0.2, -0.15) is 0 Å². The maximum Gasteiger partial charge on any atom is 0.337 e. The molecular weight excluding hydrogens is 264 g/mol. The van der Waals surface area contributed by atoms with Gasteiger partial charge in [0.05, 0.1) is 10.6 Å². The summed E-state index contributed by atoms with van der Waals surface area (Å²) in [7, 11) is 0. The van der Waals surface area contributed by atoms with Crippen molar-refractivity contribution in [3.63, 3.8) is 0 Å². The van der Waals surface area contributed by atoms with Crippen LogP contribution in [0.25, 0.3) is 0 Å². The van der Waals surface area contributed by atoms with Crippen LogP contribution in [0.4, 0.5) is 5.69 Å². The van der Waals surface area contributed by atoms with E-state index in [2.05, 4.69) is 17.6 Å². The smallest absolute Gasteiger partial charge is 0.337 e. The molecule has 2 unspecified atom stereocenters. The van der Waals surface area contributed by atoms with E-state index in [4.69, 9.17) is 16.7 Å². The maximum absolute atomic E-state index is 11.0. The summed E-state index contributed by atoms with van der Waals surface area (Å²) in [5, 5.41) is 16.1. The Morgan fingerprint density at radius 1 is 1.63 bits per heavy atom. The van der Waals surface area contributed by atoms with Crippen molar-refractivity contribution in [2.24, 2.45) is 0 Å². The second-order valence-corrected chi connectivity index (χ2v) is 5.48. The first-order chi connectivity index (χ1) is 9.06. The quantitative estimate of drug-likeness (QED) is 0.777. The molecule has 1 aliphatic rings. The third-order valence-electron chi connectivity index (χ3n) is 3.41. The first-order valence-corrected chi connectivity index (χ1v) is 6.97. The largest absolute Gasteiger partial charge is 0.478 e. The topological polar surface area (TPSA) is 61.4 Å². The number of carbonyl (C=O) groups is 1. The second kappa shape index (κ2) is 6.26. The summed E-state index contributed by atoms with van der Waals surface area (Å²) >= 11 is 5.85. The minimum atomic E-state index is -1.00. The van der Waals surface area contributed by atoms with Crippen molar-refractivity contribution < 1.29 is 9.90 Å². The van der Waals surface area contributed by atoms with Crippen molar-refractivity contribution in [2.45, 2.75) is 38.3 Å². The van der Waals surface area contributed by atoms with Gasteiger partial charge in [-0.3, -0.25) is 0 Å². The van der Waals surface area contributed by atoms with Crippen molar-refractivity contribution in [3.8, 4) is 0 Å². The highest BCUT2D eigenvalue weighted by atomic mass is 35.5. The molecule has 2 rings (SSSR count). The lowest BCUT2D eigenvalue weighted by Gasteiger charge is -2.19. The van der Waals surface area contributed by atoms with Crippen LogP contribution in [0.5, 0.6) is 0 Å². The monoisotopic (exact) mass is 282 g/mol. The van der Waals surface area contributed by atoms with Crippen LogP contribution in [0, 0.1) is 0 Å². The summed E-state index contributed by atoms with van der Waals surface area (Å²) in [6.45, 7) is 3.20. The van der Waals surface area contributed by atoms with Crippen LogP contribution in [0.2, 0.25) is 5.02 Å². The highest BCUT2D eigenvalue weighted by Crippen LogP contribution is 2.22. The van der Waals surface area contributed by atoms with Crippen molar-refractivity contribution in [1.29, 1.82) is 0 Å². The van der Waals surface area contributed by atoms with Crippen molar-refractivity contribution in [1.82, 2.24) is 5.32 Å². The van der Waals surface area contributed by atoms with Crippen LogP contribution in [0.15, 0.2) is 18.2 Å². The van der Waals surface area contributed by atoms with Crippen LogP contribution < -0.4 is 10.6 Å². The zero-order chi connectivity index (χ0) is 13.8.